The highest BCUT2D eigenvalue weighted by Gasteiger charge is 2.23. The first-order valence-corrected chi connectivity index (χ1v) is 17.2. The molecule has 0 aliphatic rings. The van der Waals surface area contributed by atoms with Crippen LogP contribution in [0.4, 0.5) is 8.78 Å². The molecule has 4 aromatic rings. The van der Waals surface area contributed by atoms with Gasteiger partial charge in [-0.25, -0.2) is 8.78 Å². The Hall–Kier alpha value is -2.80. The van der Waals surface area contributed by atoms with Crippen molar-refractivity contribution in [3.63, 3.8) is 0 Å². The largest absolute Gasteiger partial charge is 0.504 e. The first kappa shape index (κ1) is 39.4. The van der Waals surface area contributed by atoms with Gasteiger partial charge in [0.05, 0.1) is 35.8 Å². The average Bonchev–Trinajstić information content (AvgIpc) is 3.62. The highest BCUT2D eigenvalue weighted by atomic mass is 79.9. The standard InChI is InChI=1S/C15H15FO5S.C13H11FO5S.BBr3/c1-7(15(19)21-3)4-9(17)12-5-8-11(22-12)6-10(20-2)14(18)13(8)16;1-5(13(18)19)2-7(15)10-3-6-9(20-10)4-8(16)12(17)11(6)14;2-1(3)4/h5-7,18H,4H2,1-3H3;3-5,16-17H,2H2,1H3,(H,18,19);/t7-;5-;/m00./s1. The maximum Gasteiger partial charge on any atom is 0.369 e. The fraction of sp³-hybridized carbons (Fsp3) is 0.286. The van der Waals surface area contributed by atoms with Crippen molar-refractivity contribution in [1.29, 1.82) is 0 Å². The van der Waals surface area contributed by atoms with Crippen LogP contribution in [-0.4, -0.2) is 61.3 Å². The molecular formula is C28H26BBr3F2O10S2. The first-order chi connectivity index (χ1) is 21.4. The number of fused-ring (bicyclic) bond motifs is 2. The lowest BCUT2D eigenvalue weighted by Crippen LogP contribution is -2.16. The van der Waals surface area contributed by atoms with Gasteiger partial charge in [-0.3, -0.25) is 19.2 Å². The van der Waals surface area contributed by atoms with E-state index in [9.17, 15) is 43.3 Å². The van der Waals surface area contributed by atoms with Gasteiger partial charge in [0, 0.05) is 45.1 Å². The third-order valence-corrected chi connectivity index (χ3v) is 8.44. The summed E-state index contributed by atoms with van der Waals surface area (Å²) in [5, 5.41) is 37.2. The van der Waals surface area contributed by atoms with Gasteiger partial charge in [0.15, 0.2) is 46.2 Å². The molecule has 2 heterocycles. The molecule has 0 aliphatic carbocycles. The molecule has 0 bridgehead atoms. The van der Waals surface area contributed by atoms with Crippen LogP contribution in [0.3, 0.4) is 0 Å². The number of benzene rings is 2. The summed E-state index contributed by atoms with van der Waals surface area (Å²) < 4.78 is 38.3. The quantitative estimate of drug-likeness (QED) is 0.0560. The Morgan fingerprint density at radius 3 is 1.67 bits per heavy atom. The monoisotopic (exact) mass is 872 g/mol. The number of carbonyl (C=O) groups excluding carboxylic acids is 3. The fourth-order valence-electron chi connectivity index (χ4n) is 3.78. The number of carboxylic acid groups (broad SMARTS) is 1. The van der Waals surface area contributed by atoms with Crippen LogP contribution in [0.5, 0.6) is 23.0 Å². The number of thiophene rings is 2. The SMILES string of the molecule is BrB(Br)Br.COC(=O)[C@@H](C)CC(=O)c1cc2c(F)c(O)c(OC)cc2s1.C[C@@H](CC(=O)c1cc2c(F)c(O)c(O)cc2s1)C(=O)O. The molecule has 2 aromatic heterocycles. The lowest BCUT2D eigenvalue weighted by Gasteiger charge is -2.06. The topological polar surface area (TPSA) is 168 Å². The first-order valence-electron chi connectivity index (χ1n) is 12.8. The Morgan fingerprint density at radius 2 is 1.24 bits per heavy atom. The molecule has 18 heteroatoms. The highest BCUT2D eigenvalue weighted by molar-refractivity contribution is 9.69. The number of esters is 1. The smallest absolute Gasteiger partial charge is 0.369 e. The summed E-state index contributed by atoms with van der Waals surface area (Å²) in [6.45, 7) is 3.00. The number of Topliss-reactive ketones (excluding diaryl/α,β-unsaturated/α-hetero) is 2. The highest BCUT2D eigenvalue weighted by Crippen LogP contribution is 2.40. The zero-order chi connectivity index (χ0) is 35.0. The zero-order valence-electron chi connectivity index (χ0n) is 24.4. The van der Waals surface area contributed by atoms with E-state index < -0.39 is 58.4 Å². The number of rotatable bonds is 9. The Bertz CT molecular complexity index is 1760. The summed E-state index contributed by atoms with van der Waals surface area (Å²) in [5.41, 5.74) is 0. The number of ketones is 2. The summed E-state index contributed by atoms with van der Waals surface area (Å²) in [4.78, 5) is 46.7. The van der Waals surface area contributed by atoms with Gasteiger partial charge in [-0.15, -0.1) is 69.9 Å². The van der Waals surface area contributed by atoms with Crippen LogP contribution in [0, 0.1) is 23.5 Å². The second kappa shape index (κ2) is 17.4. The maximum absolute atomic E-state index is 14.1. The predicted molar refractivity (Wildman–Crippen MR) is 184 cm³/mol. The number of phenols is 3. The van der Waals surface area contributed by atoms with Gasteiger partial charge in [0.1, 0.15) is 0 Å². The van der Waals surface area contributed by atoms with E-state index in [-0.39, 0.29) is 43.2 Å². The minimum absolute atomic E-state index is 0.00813. The summed E-state index contributed by atoms with van der Waals surface area (Å²) >= 11 is 11.3. The average molecular weight is 875 g/mol. The van der Waals surface area contributed by atoms with Crippen molar-refractivity contribution in [3.8, 4) is 23.0 Å². The number of hydrogen-bond donors (Lipinski definition) is 4. The van der Waals surface area contributed by atoms with Crippen molar-refractivity contribution in [2.45, 2.75) is 26.7 Å². The molecule has 0 radical (unpaired) electrons. The summed E-state index contributed by atoms with van der Waals surface area (Å²) in [7, 11) is 2.57. The molecular weight excluding hydrogens is 849 g/mol. The van der Waals surface area contributed by atoms with Gasteiger partial charge >= 0.3 is 15.1 Å². The fourth-order valence-corrected chi connectivity index (χ4v) is 5.86. The van der Waals surface area contributed by atoms with Crippen molar-refractivity contribution in [2.24, 2.45) is 11.8 Å². The predicted octanol–water partition coefficient (Wildman–Crippen LogP) is 8.04. The second-order valence-electron chi connectivity index (χ2n) is 9.51. The third-order valence-electron chi connectivity index (χ3n) is 6.19. The molecule has 4 N–H and O–H groups in total. The number of ether oxygens (including phenoxy) is 2. The molecule has 0 unspecified atom stereocenters. The van der Waals surface area contributed by atoms with Crippen LogP contribution in [-0.2, 0) is 14.3 Å². The van der Waals surface area contributed by atoms with E-state index in [4.69, 9.17) is 9.84 Å². The number of halogens is 5. The molecule has 0 aliphatic heterocycles. The van der Waals surface area contributed by atoms with Crippen molar-refractivity contribution in [2.75, 3.05) is 14.2 Å². The number of aromatic hydroxyl groups is 3. The van der Waals surface area contributed by atoms with Crippen LogP contribution < -0.4 is 4.74 Å². The lowest BCUT2D eigenvalue weighted by molar-refractivity contribution is -0.144. The number of carbonyl (C=O) groups is 4. The van der Waals surface area contributed by atoms with Gasteiger partial charge in [-0.2, -0.15) is 0 Å². The molecule has 46 heavy (non-hydrogen) atoms. The van der Waals surface area contributed by atoms with E-state index in [2.05, 4.69) is 52.0 Å². The number of phenolic OH excluding ortho intramolecular Hbond substituents is 3. The van der Waals surface area contributed by atoms with Crippen LogP contribution in [0.25, 0.3) is 20.2 Å². The van der Waals surface area contributed by atoms with E-state index >= 15 is 0 Å². The molecule has 0 amide bonds. The molecule has 2 aromatic carbocycles. The molecule has 10 nitrogen and oxygen atoms in total. The molecule has 4 rings (SSSR count). The Kier molecular flexibility index (Phi) is 14.9. The Balaban J connectivity index is 0.000000288. The van der Waals surface area contributed by atoms with E-state index in [0.29, 0.717) is 14.3 Å². The van der Waals surface area contributed by atoms with Crippen LogP contribution >= 0.6 is 69.9 Å². The van der Waals surface area contributed by atoms with Crippen molar-refractivity contribution in [1.82, 2.24) is 0 Å². The number of methoxy groups -OCH3 is 2. The normalized spacial score (nSPS) is 11.8. The van der Waals surface area contributed by atoms with Gasteiger partial charge in [-0.05, 0) is 12.1 Å². The van der Waals surface area contributed by atoms with Crippen molar-refractivity contribution < 1.29 is 57.9 Å². The van der Waals surface area contributed by atoms with E-state index in [1.165, 1.54) is 39.3 Å². The van der Waals surface area contributed by atoms with Crippen molar-refractivity contribution in [3.05, 3.63) is 45.7 Å². The van der Waals surface area contributed by atoms with Crippen molar-refractivity contribution >= 4 is 117 Å². The summed E-state index contributed by atoms with van der Waals surface area (Å²) in [6.07, 6.45) is -0.216. The maximum atomic E-state index is 14.1. The van der Waals surface area contributed by atoms with Gasteiger partial charge < -0.3 is 29.9 Å². The number of aliphatic carboxylic acids is 1. The van der Waals surface area contributed by atoms with Gasteiger partial charge in [0.2, 0.25) is 0 Å². The summed E-state index contributed by atoms with van der Waals surface area (Å²) in [5.74, 6) is -7.54. The molecule has 248 valence electrons. The van der Waals surface area contributed by atoms with Crippen LogP contribution in [0.15, 0.2) is 24.3 Å². The zero-order valence-corrected chi connectivity index (χ0v) is 30.8. The van der Waals surface area contributed by atoms with Gasteiger partial charge in [0.25, 0.3) is 0 Å². The van der Waals surface area contributed by atoms with Crippen LogP contribution in [0.1, 0.15) is 46.0 Å². The summed E-state index contributed by atoms with van der Waals surface area (Å²) in [6, 6.07) is 5.26. The van der Waals surface area contributed by atoms with E-state index in [1.807, 2.05) is 0 Å². The molecule has 0 saturated carbocycles. The Morgan fingerprint density at radius 1 is 0.804 bits per heavy atom. The number of hydrogen-bond acceptors (Lipinski definition) is 11. The third kappa shape index (κ3) is 10.1. The minimum Gasteiger partial charge on any atom is -0.504 e. The minimum atomic E-state index is -1.08. The van der Waals surface area contributed by atoms with E-state index in [1.54, 1.807) is 6.92 Å². The Labute approximate surface area is 294 Å². The van der Waals surface area contributed by atoms with E-state index in [0.717, 1.165) is 28.7 Å². The van der Waals surface area contributed by atoms with Crippen LogP contribution in [0.2, 0.25) is 0 Å². The second-order valence-corrected chi connectivity index (χ2v) is 18.1. The van der Waals surface area contributed by atoms with Gasteiger partial charge in [-0.1, -0.05) is 13.8 Å². The molecule has 0 spiro atoms. The lowest BCUT2D eigenvalue weighted by atomic mass is 10.0. The molecule has 0 saturated heterocycles. The number of carboxylic acids is 1. The molecule has 2 atom stereocenters. The molecule has 0 fully saturated rings.